The minimum atomic E-state index is 0.0534. The number of unbranched alkanes of at least 4 members (excludes halogenated alkanes) is 1. The number of carbonyl (C=O) groups excluding carboxylic acids is 1. The molecule has 3 aromatic rings. The van der Waals surface area contributed by atoms with Crippen LogP contribution in [0.2, 0.25) is 0 Å². The van der Waals surface area contributed by atoms with Gasteiger partial charge in [0.1, 0.15) is 11.4 Å². The Hall–Kier alpha value is -2.83. The number of piperazine rings is 1. The van der Waals surface area contributed by atoms with Crippen LogP contribution >= 0.6 is 0 Å². The number of rotatable bonds is 6. The Labute approximate surface area is 177 Å². The van der Waals surface area contributed by atoms with Crippen molar-refractivity contribution < 1.29 is 9.53 Å². The molecular weight excluding hydrogens is 376 g/mol. The number of anilines is 1. The molecule has 2 aromatic carbocycles. The maximum Gasteiger partial charge on any atom is 0.265 e. The highest BCUT2D eigenvalue weighted by Gasteiger charge is 2.32. The lowest BCUT2D eigenvalue weighted by atomic mass is 10.1. The second-order valence-corrected chi connectivity index (χ2v) is 8.32. The third kappa shape index (κ3) is 3.57. The van der Waals surface area contributed by atoms with E-state index in [9.17, 15) is 4.79 Å². The van der Waals surface area contributed by atoms with Gasteiger partial charge in [-0.1, -0.05) is 12.1 Å². The van der Waals surface area contributed by atoms with E-state index in [-0.39, 0.29) is 12.5 Å². The van der Waals surface area contributed by atoms with Crippen LogP contribution in [0.15, 0.2) is 54.7 Å². The van der Waals surface area contributed by atoms with E-state index in [2.05, 4.69) is 34.6 Å². The van der Waals surface area contributed by atoms with E-state index in [1.807, 2.05) is 35.4 Å². The maximum atomic E-state index is 12.4. The van der Waals surface area contributed by atoms with Crippen LogP contribution in [0, 0.1) is 0 Å². The fourth-order valence-electron chi connectivity index (χ4n) is 4.85. The van der Waals surface area contributed by atoms with Crippen molar-refractivity contribution in [2.24, 2.45) is 0 Å². The molecule has 5 rings (SSSR count). The number of fused-ring (bicyclic) bond motifs is 2. The molecule has 2 aliphatic rings. The molecule has 0 aliphatic carbocycles. The van der Waals surface area contributed by atoms with Crippen LogP contribution in [-0.2, 0) is 4.79 Å². The molecule has 0 unspecified atom stereocenters. The SMILES string of the molecule is O=C1COc2ccccc2N1CCCC[N+]1(c2ccc3[nH]ccc3c2)CCNCC1. The van der Waals surface area contributed by atoms with E-state index in [1.54, 1.807) is 0 Å². The Balaban J connectivity index is 1.28. The average Bonchev–Trinajstić information content (AvgIpc) is 3.26. The average molecular weight is 406 g/mol. The van der Waals surface area contributed by atoms with E-state index in [0.717, 1.165) is 68.0 Å². The third-order valence-electron chi connectivity index (χ3n) is 6.54. The van der Waals surface area contributed by atoms with Crippen LogP contribution in [-0.4, -0.2) is 56.8 Å². The fraction of sp³-hybridized carbons (Fsp3) is 0.375. The molecule has 6 heteroatoms. The number of quaternary nitrogens is 1. The molecule has 0 saturated carbocycles. The quantitative estimate of drug-likeness (QED) is 0.489. The molecule has 30 heavy (non-hydrogen) atoms. The van der Waals surface area contributed by atoms with Gasteiger partial charge >= 0.3 is 0 Å². The number of carbonyl (C=O) groups is 1. The largest absolute Gasteiger partial charge is 0.482 e. The zero-order chi connectivity index (χ0) is 20.4. The van der Waals surface area contributed by atoms with Crippen LogP contribution in [0.1, 0.15) is 12.8 Å². The first-order valence-electron chi connectivity index (χ1n) is 10.9. The highest BCUT2D eigenvalue weighted by Crippen LogP contribution is 2.32. The van der Waals surface area contributed by atoms with Gasteiger partial charge in [-0.25, -0.2) is 0 Å². The van der Waals surface area contributed by atoms with Gasteiger partial charge in [-0.05, 0) is 37.1 Å². The summed E-state index contributed by atoms with van der Waals surface area (Å²) in [4.78, 5) is 17.6. The number of nitrogens with zero attached hydrogens (tertiary/aromatic N) is 2. The van der Waals surface area contributed by atoms with Crippen molar-refractivity contribution in [1.29, 1.82) is 0 Å². The Morgan fingerprint density at radius 1 is 1.03 bits per heavy atom. The van der Waals surface area contributed by atoms with Crippen molar-refractivity contribution in [3.63, 3.8) is 0 Å². The summed E-state index contributed by atoms with van der Waals surface area (Å²) in [5.41, 5.74) is 3.49. The van der Waals surface area contributed by atoms with Gasteiger partial charge < -0.3 is 19.9 Å². The lowest BCUT2D eigenvalue weighted by Gasteiger charge is -2.41. The molecule has 0 radical (unpaired) electrons. The Morgan fingerprint density at radius 2 is 1.90 bits per heavy atom. The molecule has 0 atom stereocenters. The number of aromatic nitrogens is 1. The molecule has 2 N–H and O–H groups in total. The van der Waals surface area contributed by atoms with Gasteiger partial charge in [0.2, 0.25) is 0 Å². The van der Waals surface area contributed by atoms with Crippen LogP contribution < -0.4 is 19.4 Å². The van der Waals surface area contributed by atoms with Gasteiger partial charge in [0.05, 0.1) is 25.3 Å². The molecule has 6 nitrogen and oxygen atoms in total. The number of amides is 1. The zero-order valence-corrected chi connectivity index (χ0v) is 17.3. The van der Waals surface area contributed by atoms with Gasteiger partial charge in [-0.3, -0.25) is 9.28 Å². The van der Waals surface area contributed by atoms with Crippen LogP contribution in [0.4, 0.5) is 11.4 Å². The number of aromatic amines is 1. The monoisotopic (exact) mass is 405 g/mol. The molecule has 2 aliphatic heterocycles. The maximum absolute atomic E-state index is 12.4. The second kappa shape index (κ2) is 8.13. The summed E-state index contributed by atoms with van der Waals surface area (Å²) in [7, 11) is 0. The molecule has 1 amide bonds. The highest BCUT2D eigenvalue weighted by atomic mass is 16.5. The molecular formula is C24H29N4O2+. The number of hydrogen-bond donors (Lipinski definition) is 2. The smallest absolute Gasteiger partial charge is 0.265 e. The second-order valence-electron chi connectivity index (χ2n) is 8.32. The summed E-state index contributed by atoms with van der Waals surface area (Å²) < 4.78 is 6.58. The van der Waals surface area contributed by atoms with Crippen molar-refractivity contribution in [3.8, 4) is 5.75 Å². The van der Waals surface area contributed by atoms with E-state index < -0.39 is 0 Å². The summed E-state index contributed by atoms with van der Waals surface area (Å²) in [5, 5.41) is 4.79. The van der Waals surface area contributed by atoms with Gasteiger partial charge in [0.15, 0.2) is 6.61 Å². The summed E-state index contributed by atoms with van der Waals surface area (Å²) >= 11 is 0. The molecule has 156 valence electrons. The van der Waals surface area contributed by atoms with E-state index in [0.29, 0.717) is 0 Å². The predicted octanol–water partition coefficient (Wildman–Crippen LogP) is 3.28. The molecule has 1 aromatic heterocycles. The number of para-hydroxylation sites is 2. The zero-order valence-electron chi connectivity index (χ0n) is 17.3. The third-order valence-corrected chi connectivity index (χ3v) is 6.54. The normalized spacial score (nSPS) is 18.3. The summed E-state index contributed by atoms with van der Waals surface area (Å²) in [6.45, 7) is 6.27. The first-order chi connectivity index (χ1) is 14.8. The number of H-pyrrole nitrogens is 1. The van der Waals surface area contributed by atoms with Gasteiger partial charge in [-0.2, -0.15) is 0 Å². The number of benzene rings is 2. The van der Waals surface area contributed by atoms with Crippen LogP contribution in [0.5, 0.6) is 5.75 Å². The van der Waals surface area contributed by atoms with Gasteiger partial charge in [0, 0.05) is 48.9 Å². The minimum absolute atomic E-state index is 0.0534. The number of ether oxygens (including phenoxy) is 1. The Kier molecular flexibility index (Phi) is 5.19. The van der Waals surface area contributed by atoms with Crippen molar-refractivity contribution in [1.82, 2.24) is 14.8 Å². The lowest BCUT2D eigenvalue weighted by molar-refractivity contribution is -0.121. The summed E-state index contributed by atoms with van der Waals surface area (Å²) in [5.74, 6) is 0.861. The molecule has 0 bridgehead atoms. The van der Waals surface area contributed by atoms with E-state index in [1.165, 1.54) is 16.6 Å². The van der Waals surface area contributed by atoms with Crippen LogP contribution in [0.3, 0.4) is 0 Å². The predicted molar refractivity (Wildman–Crippen MR) is 121 cm³/mol. The molecule has 3 heterocycles. The summed E-state index contributed by atoms with van der Waals surface area (Å²) in [6, 6.07) is 16.8. The van der Waals surface area contributed by atoms with Crippen LogP contribution in [0.25, 0.3) is 10.9 Å². The number of hydrogen-bond acceptors (Lipinski definition) is 3. The molecule has 1 saturated heterocycles. The minimum Gasteiger partial charge on any atom is -0.482 e. The van der Waals surface area contributed by atoms with Gasteiger partial charge in [-0.15, -0.1) is 0 Å². The standard InChI is InChI=1S/C24H29N4O2/c29-24-18-30-23-6-2-1-5-22(23)27(24)13-3-4-14-28(15-11-25-12-16-28)20-7-8-21-19(17-20)9-10-26-21/h1-2,5-10,17,25-26H,3-4,11-16,18H2/q+1. The fourth-order valence-corrected chi connectivity index (χ4v) is 4.85. The Bertz CT molecular complexity index is 1040. The van der Waals surface area contributed by atoms with Crippen molar-refractivity contribution in [2.45, 2.75) is 12.8 Å². The first-order valence-corrected chi connectivity index (χ1v) is 10.9. The van der Waals surface area contributed by atoms with Gasteiger partial charge in [0.25, 0.3) is 5.91 Å². The van der Waals surface area contributed by atoms with Crippen molar-refractivity contribution in [2.75, 3.05) is 50.8 Å². The van der Waals surface area contributed by atoms with E-state index >= 15 is 0 Å². The summed E-state index contributed by atoms with van der Waals surface area (Å²) in [6.07, 6.45) is 4.08. The highest BCUT2D eigenvalue weighted by molar-refractivity contribution is 5.97. The van der Waals surface area contributed by atoms with Crippen molar-refractivity contribution in [3.05, 3.63) is 54.7 Å². The van der Waals surface area contributed by atoms with Crippen molar-refractivity contribution >= 4 is 28.2 Å². The Morgan fingerprint density at radius 3 is 2.80 bits per heavy atom. The van der Waals surface area contributed by atoms with E-state index in [4.69, 9.17) is 4.74 Å². The number of nitrogens with one attached hydrogen (secondary N) is 2. The lowest BCUT2D eigenvalue weighted by Crippen LogP contribution is -2.60. The topological polar surface area (TPSA) is 57.4 Å². The first kappa shape index (κ1) is 19.2. The molecule has 0 spiro atoms. The molecule has 1 fully saturated rings.